The molecular weight excluding hydrogens is 363 g/mol. The molecule has 1 aromatic carbocycles. The van der Waals surface area contributed by atoms with E-state index in [1.807, 2.05) is 31.2 Å². The minimum Gasteiger partial charge on any atom is -0.247 e. The Labute approximate surface area is 163 Å². The van der Waals surface area contributed by atoms with E-state index in [1.165, 1.54) is 0 Å². The van der Waals surface area contributed by atoms with Crippen molar-refractivity contribution in [3.05, 3.63) is 47.2 Å². The Kier molecular flexibility index (Phi) is 5.26. The molecule has 0 amide bonds. The van der Waals surface area contributed by atoms with Gasteiger partial charge in [-0.3, -0.25) is 0 Å². The highest BCUT2D eigenvalue weighted by molar-refractivity contribution is 5.85. The number of nitrogens with zero attached hydrogens (tertiary/aromatic N) is 3. The molecule has 0 fully saturated rings. The molecule has 3 nitrogen and oxygen atoms in total. The second kappa shape index (κ2) is 7.22. The van der Waals surface area contributed by atoms with Crippen LogP contribution < -0.4 is 0 Å². The predicted molar refractivity (Wildman–Crippen MR) is 106 cm³/mol. The number of unbranched alkanes of at least 4 members (excludes halogenated alkanes) is 1. The van der Waals surface area contributed by atoms with Crippen LogP contribution in [0.2, 0.25) is 0 Å². The third-order valence-corrected chi connectivity index (χ3v) is 4.95. The van der Waals surface area contributed by atoms with E-state index in [-0.39, 0.29) is 10.8 Å². The number of alkyl halides is 3. The monoisotopic (exact) mass is 389 g/mol. The molecule has 0 aliphatic heterocycles. The molecule has 0 N–H and O–H groups in total. The summed E-state index contributed by atoms with van der Waals surface area (Å²) in [5, 5.41) is 4.43. The van der Waals surface area contributed by atoms with E-state index in [0.717, 1.165) is 24.5 Å². The van der Waals surface area contributed by atoms with Gasteiger partial charge >= 0.3 is 6.18 Å². The van der Waals surface area contributed by atoms with Gasteiger partial charge < -0.3 is 0 Å². The highest BCUT2D eigenvalue weighted by Gasteiger charge is 2.35. The molecule has 0 saturated heterocycles. The first kappa shape index (κ1) is 20.4. The molecule has 3 aromatic rings. The molecule has 0 radical (unpaired) electrons. The lowest BCUT2D eigenvalue weighted by Gasteiger charge is -2.19. The lowest BCUT2D eigenvalue weighted by molar-refractivity contribution is -0.136. The zero-order valence-corrected chi connectivity index (χ0v) is 17.0. The number of benzene rings is 1. The summed E-state index contributed by atoms with van der Waals surface area (Å²) in [6.07, 6.45) is -2.70. The molecule has 0 atom stereocenters. The Morgan fingerprint density at radius 1 is 1.04 bits per heavy atom. The van der Waals surface area contributed by atoms with Gasteiger partial charge in [0.1, 0.15) is 0 Å². The molecule has 0 unspecified atom stereocenters. The number of aromatic nitrogens is 3. The fourth-order valence-electron chi connectivity index (χ4n) is 3.33. The van der Waals surface area contributed by atoms with Gasteiger partial charge in [-0.2, -0.15) is 18.3 Å². The number of hydrogen-bond donors (Lipinski definition) is 0. The number of rotatable bonds is 4. The van der Waals surface area contributed by atoms with Gasteiger partial charge in [-0.1, -0.05) is 58.4 Å². The molecule has 0 bridgehead atoms. The Morgan fingerprint density at radius 2 is 1.68 bits per heavy atom. The van der Waals surface area contributed by atoms with Crippen molar-refractivity contribution in [2.24, 2.45) is 0 Å². The van der Waals surface area contributed by atoms with Gasteiger partial charge in [-0.25, -0.2) is 9.67 Å². The van der Waals surface area contributed by atoms with E-state index in [1.54, 1.807) is 11.6 Å². The molecule has 0 aliphatic rings. The molecule has 3 rings (SSSR count). The molecule has 0 spiro atoms. The second-order valence-corrected chi connectivity index (χ2v) is 8.24. The highest BCUT2D eigenvalue weighted by Crippen LogP contribution is 2.38. The number of aryl methyl sites for hydroxylation is 2. The molecule has 0 saturated carbocycles. The van der Waals surface area contributed by atoms with Gasteiger partial charge in [0.2, 0.25) is 0 Å². The summed E-state index contributed by atoms with van der Waals surface area (Å²) < 4.78 is 43.0. The van der Waals surface area contributed by atoms with Crippen molar-refractivity contribution in [1.29, 1.82) is 0 Å². The zero-order valence-electron chi connectivity index (χ0n) is 17.0. The van der Waals surface area contributed by atoms with Crippen LogP contribution in [0.4, 0.5) is 13.2 Å². The van der Waals surface area contributed by atoms with Crippen LogP contribution in [-0.2, 0) is 18.1 Å². The lowest BCUT2D eigenvalue weighted by Crippen LogP contribution is -2.10. The first-order chi connectivity index (χ1) is 13.0. The SMILES string of the molecule is CCCCn1nc(C)c2c(C(F)(F)F)cc(-c3ccc(C(C)(C)C)cc3)nc21. The van der Waals surface area contributed by atoms with Crippen molar-refractivity contribution < 1.29 is 13.2 Å². The van der Waals surface area contributed by atoms with Gasteiger partial charge in [-0.05, 0) is 30.4 Å². The standard InChI is InChI=1S/C22H26F3N3/c1-6-7-12-28-20-19(14(2)27-28)17(22(23,24)25)13-18(26-20)15-8-10-16(11-9-15)21(3,4)5/h8-11,13H,6-7,12H2,1-5H3. The van der Waals surface area contributed by atoms with E-state index >= 15 is 0 Å². The van der Waals surface area contributed by atoms with E-state index in [9.17, 15) is 13.2 Å². The maximum absolute atomic E-state index is 13.8. The lowest BCUT2D eigenvalue weighted by atomic mass is 9.86. The second-order valence-electron chi connectivity index (χ2n) is 8.24. The first-order valence-electron chi connectivity index (χ1n) is 9.58. The number of halogens is 3. The average molecular weight is 389 g/mol. The first-order valence-corrected chi connectivity index (χ1v) is 9.58. The maximum Gasteiger partial charge on any atom is 0.417 e. The molecule has 0 aliphatic carbocycles. The average Bonchev–Trinajstić information content (AvgIpc) is 2.93. The van der Waals surface area contributed by atoms with Gasteiger partial charge in [0.25, 0.3) is 0 Å². The third kappa shape index (κ3) is 3.91. The Morgan fingerprint density at radius 3 is 2.21 bits per heavy atom. The van der Waals surface area contributed by atoms with Crippen LogP contribution >= 0.6 is 0 Å². The van der Waals surface area contributed by atoms with Crippen LogP contribution in [0.3, 0.4) is 0 Å². The van der Waals surface area contributed by atoms with Gasteiger partial charge in [-0.15, -0.1) is 0 Å². The molecular formula is C22H26F3N3. The van der Waals surface area contributed by atoms with Crippen molar-refractivity contribution in [2.45, 2.75) is 65.6 Å². The third-order valence-electron chi connectivity index (χ3n) is 4.95. The molecule has 6 heteroatoms. The largest absolute Gasteiger partial charge is 0.417 e. The number of hydrogen-bond acceptors (Lipinski definition) is 2. The Balaban J connectivity index is 2.20. The maximum atomic E-state index is 13.8. The zero-order chi connectivity index (χ0) is 20.7. The van der Waals surface area contributed by atoms with Crippen molar-refractivity contribution >= 4 is 11.0 Å². The smallest absolute Gasteiger partial charge is 0.247 e. The van der Waals surface area contributed by atoms with Gasteiger partial charge in [0.15, 0.2) is 5.65 Å². The Hall–Kier alpha value is -2.37. The van der Waals surface area contributed by atoms with Crippen LogP contribution in [-0.4, -0.2) is 14.8 Å². The Bertz CT molecular complexity index is 977. The fourth-order valence-corrected chi connectivity index (χ4v) is 3.33. The molecule has 150 valence electrons. The highest BCUT2D eigenvalue weighted by atomic mass is 19.4. The summed E-state index contributed by atoms with van der Waals surface area (Å²) in [5.74, 6) is 0. The van der Waals surface area contributed by atoms with Crippen molar-refractivity contribution in [3.63, 3.8) is 0 Å². The molecule has 28 heavy (non-hydrogen) atoms. The van der Waals surface area contributed by atoms with Crippen LogP contribution in [0.5, 0.6) is 0 Å². The summed E-state index contributed by atoms with van der Waals surface area (Å²) in [7, 11) is 0. The van der Waals surface area contributed by atoms with Crippen molar-refractivity contribution in [3.8, 4) is 11.3 Å². The number of fused-ring (bicyclic) bond motifs is 1. The molecule has 2 aromatic heterocycles. The summed E-state index contributed by atoms with van der Waals surface area (Å²) in [6.45, 7) is 10.5. The minimum absolute atomic E-state index is 0.0249. The van der Waals surface area contributed by atoms with Crippen LogP contribution in [0.25, 0.3) is 22.3 Å². The van der Waals surface area contributed by atoms with E-state index < -0.39 is 11.7 Å². The van der Waals surface area contributed by atoms with Gasteiger partial charge in [0, 0.05) is 12.1 Å². The summed E-state index contributed by atoms with van der Waals surface area (Å²) in [6, 6.07) is 8.73. The van der Waals surface area contributed by atoms with Crippen molar-refractivity contribution in [1.82, 2.24) is 14.8 Å². The fraction of sp³-hybridized carbons (Fsp3) is 0.455. The predicted octanol–water partition coefficient (Wildman–Crippen LogP) is 6.52. The minimum atomic E-state index is -4.47. The normalized spacial score (nSPS) is 12.7. The summed E-state index contributed by atoms with van der Waals surface area (Å²) in [4.78, 5) is 4.59. The number of pyridine rings is 1. The van der Waals surface area contributed by atoms with Crippen LogP contribution in [0.15, 0.2) is 30.3 Å². The van der Waals surface area contributed by atoms with E-state index in [2.05, 4.69) is 30.9 Å². The van der Waals surface area contributed by atoms with Crippen molar-refractivity contribution in [2.75, 3.05) is 0 Å². The van der Waals surface area contributed by atoms with Crippen LogP contribution in [0, 0.1) is 6.92 Å². The molecule has 2 heterocycles. The van der Waals surface area contributed by atoms with Gasteiger partial charge in [0.05, 0.1) is 22.3 Å². The topological polar surface area (TPSA) is 30.7 Å². The van der Waals surface area contributed by atoms with E-state index in [4.69, 9.17) is 0 Å². The van der Waals surface area contributed by atoms with Crippen LogP contribution in [0.1, 0.15) is 57.4 Å². The van der Waals surface area contributed by atoms with E-state index in [0.29, 0.717) is 29.1 Å². The summed E-state index contributed by atoms with van der Waals surface area (Å²) >= 11 is 0. The summed E-state index contributed by atoms with van der Waals surface area (Å²) in [5.41, 5.74) is 2.07. The quantitative estimate of drug-likeness (QED) is 0.508.